The van der Waals surface area contributed by atoms with Gasteiger partial charge in [0.25, 0.3) is 0 Å². The lowest BCUT2D eigenvalue weighted by Gasteiger charge is -2.34. The molecule has 2 fully saturated rings. The van der Waals surface area contributed by atoms with Gasteiger partial charge >= 0.3 is 0 Å². The van der Waals surface area contributed by atoms with Crippen molar-refractivity contribution in [3.05, 3.63) is 63.3 Å². The van der Waals surface area contributed by atoms with Crippen molar-refractivity contribution in [3.8, 4) is 5.75 Å². The molecule has 0 aliphatic carbocycles. The average Bonchev–Trinajstić information content (AvgIpc) is 3.24. The van der Waals surface area contributed by atoms with Gasteiger partial charge in [0.1, 0.15) is 11.6 Å². The van der Waals surface area contributed by atoms with E-state index in [1.165, 1.54) is 0 Å². The second-order valence-electron chi connectivity index (χ2n) is 6.54. The topological polar surface area (TPSA) is 56.7 Å². The van der Waals surface area contributed by atoms with Crippen LogP contribution in [-0.2, 0) is 0 Å². The molecule has 134 valence electrons. The van der Waals surface area contributed by atoms with E-state index >= 15 is 0 Å². The first-order valence-electron chi connectivity index (χ1n) is 8.37. The summed E-state index contributed by atoms with van der Waals surface area (Å²) in [4.78, 5) is 21.5. The Kier molecular flexibility index (Phi) is 4.75. The molecule has 3 heterocycles. The number of halogens is 2. The van der Waals surface area contributed by atoms with Gasteiger partial charge in [-0.3, -0.25) is 4.79 Å². The second kappa shape index (κ2) is 7.04. The van der Waals surface area contributed by atoms with Crippen LogP contribution in [0.3, 0.4) is 0 Å². The van der Waals surface area contributed by atoms with Crippen molar-refractivity contribution in [1.82, 2.24) is 9.88 Å². The van der Waals surface area contributed by atoms with E-state index in [0.717, 1.165) is 29.8 Å². The highest BCUT2D eigenvalue weighted by Gasteiger charge is 2.42. The Bertz CT molecular complexity index is 873. The van der Waals surface area contributed by atoms with Gasteiger partial charge in [-0.25, -0.2) is 4.98 Å². The molecule has 1 N–H and O–H groups in total. The third-order valence-corrected chi connectivity index (χ3v) is 6.00. The molecule has 2 bridgehead atoms. The Morgan fingerprint density at radius 2 is 2.08 bits per heavy atom. The van der Waals surface area contributed by atoms with Gasteiger partial charge in [0, 0.05) is 48.1 Å². The van der Waals surface area contributed by atoms with Crippen molar-refractivity contribution in [1.29, 1.82) is 0 Å². The van der Waals surface area contributed by atoms with E-state index in [9.17, 15) is 9.90 Å². The molecule has 1 aromatic carbocycles. The number of piperazine rings is 1. The van der Waals surface area contributed by atoms with Crippen LogP contribution in [0.25, 0.3) is 0 Å². The molecule has 0 radical (unpaired) electrons. The van der Waals surface area contributed by atoms with Gasteiger partial charge in [0.2, 0.25) is 0 Å². The third-order valence-electron chi connectivity index (χ3n) is 4.94. The molecule has 2 atom stereocenters. The molecule has 2 aliphatic rings. The number of aromatic nitrogens is 1. The Morgan fingerprint density at radius 3 is 2.77 bits per heavy atom. The molecule has 5 nitrogen and oxygen atoms in total. The highest BCUT2D eigenvalue weighted by molar-refractivity contribution is 9.11. The Morgan fingerprint density at radius 1 is 1.23 bits per heavy atom. The zero-order valence-corrected chi connectivity index (χ0v) is 17.0. The lowest BCUT2D eigenvalue weighted by atomic mass is 10.1. The van der Waals surface area contributed by atoms with Gasteiger partial charge < -0.3 is 14.9 Å². The lowest BCUT2D eigenvalue weighted by Crippen LogP contribution is -2.44. The Balaban J connectivity index is 1.45. The van der Waals surface area contributed by atoms with Crippen LogP contribution in [0.4, 0.5) is 5.82 Å². The number of carbonyl (C=O) groups excluding carboxylic acids is 1. The van der Waals surface area contributed by atoms with Crippen LogP contribution >= 0.6 is 31.9 Å². The van der Waals surface area contributed by atoms with Gasteiger partial charge in [-0.05, 0) is 46.6 Å². The number of likely N-dealkylation sites (tertiary alicyclic amines) is 1. The van der Waals surface area contributed by atoms with Crippen LogP contribution in [-0.4, -0.2) is 45.9 Å². The number of hydrogen-bond acceptors (Lipinski definition) is 5. The summed E-state index contributed by atoms with van der Waals surface area (Å²) in [7, 11) is 0. The third kappa shape index (κ3) is 3.25. The van der Waals surface area contributed by atoms with Gasteiger partial charge in [-0.2, -0.15) is 0 Å². The summed E-state index contributed by atoms with van der Waals surface area (Å²) in [5.74, 6) is 0.768. The first kappa shape index (κ1) is 17.5. The maximum atomic E-state index is 12.5. The Labute approximate surface area is 168 Å². The number of rotatable bonds is 4. The van der Waals surface area contributed by atoms with E-state index in [1.807, 2.05) is 30.6 Å². The fourth-order valence-corrected chi connectivity index (χ4v) is 4.92. The molecular formula is C19H17Br2N3O2. The molecule has 4 rings (SSSR count). The van der Waals surface area contributed by atoms with Crippen molar-refractivity contribution in [2.24, 2.45) is 0 Å². The smallest absolute Gasteiger partial charge is 0.191 e. The highest BCUT2D eigenvalue weighted by Crippen LogP contribution is 2.34. The minimum absolute atomic E-state index is 0.0351. The zero-order chi connectivity index (χ0) is 18.3. The summed E-state index contributed by atoms with van der Waals surface area (Å²) in [6.07, 6.45) is 6.29. The fourth-order valence-electron chi connectivity index (χ4n) is 3.69. The second-order valence-corrected chi connectivity index (χ2v) is 8.31. The van der Waals surface area contributed by atoms with Crippen molar-refractivity contribution in [2.75, 3.05) is 18.0 Å². The van der Waals surface area contributed by atoms with Crippen molar-refractivity contribution < 1.29 is 9.90 Å². The van der Waals surface area contributed by atoms with Gasteiger partial charge in [0.15, 0.2) is 5.78 Å². The van der Waals surface area contributed by atoms with E-state index in [2.05, 4.69) is 46.6 Å². The number of aromatic hydroxyl groups is 1. The van der Waals surface area contributed by atoms with Crippen LogP contribution < -0.4 is 4.90 Å². The number of benzene rings is 1. The summed E-state index contributed by atoms with van der Waals surface area (Å²) >= 11 is 6.61. The van der Waals surface area contributed by atoms with Crippen LogP contribution in [0, 0.1) is 0 Å². The summed E-state index contributed by atoms with van der Waals surface area (Å²) in [5, 5.41) is 10.1. The van der Waals surface area contributed by atoms with E-state index in [0.29, 0.717) is 16.6 Å². The lowest BCUT2D eigenvalue weighted by molar-refractivity contribution is 0.104. The SMILES string of the molecule is O=C(/C=C/N1C[C@H]2C[C@@H]1CN2c1ccccn1)c1cc(Br)cc(Br)c1O. The van der Waals surface area contributed by atoms with Crippen LogP contribution in [0.2, 0.25) is 0 Å². The standard InChI is InChI=1S/C19H17Br2N3O2/c20-12-7-15(19(26)16(21)8-12)17(25)4-6-23-10-14-9-13(23)11-24(14)18-3-1-2-5-22-18/h1-8,13-14,26H,9-11H2/b6-4+/t13-,14-/m1/s1. The van der Waals surface area contributed by atoms with Crippen LogP contribution in [0.1, 0.15) is 16.8 Å². The van der Waals surface area contributed by atoms with E-state index in [-0.39, 0.29) is 17.1 Å². The molecule has 0 spiro atoms. The minimum Gasteiger partial charge on any atom is -0.506 e. The molecule has 0 amide bonds. The number of carbonyl (C=O) groups is 1. The number of ketones is 1. The molecule has 2 saturated heterocycles. The van der Waals surface area contributed by atoms with E-state index in [4.69, 9.17) is 0 Å². The number of phenols is 1. The molecule has 0 unspecified atom stereocenters. The summed E-state index contributed by atoms with van der Waals surface area (Å²) in [6, 6.07) is 10.1. The molecular weight excluding hydrogens is 462 g/mol. The van der Waals surface area contributed by atoms with Gasteiger partial charge in [-0.15, -0.1) is 0 Å². The van der Waals surface area contributed by atoms with Crippen molar-refractivity contribution in [3.63, 3.8) is 0 Å². The molecule has 26 heavy (non-hydrogen) atoms. The van der Waals surface area contributed by atoms with Crippen LogP contribution in [0.15, 0.2) is 57.8 Å². The number of hydrogen-bond donors (Lipinski definition) is 1. The fraction of sp³-hybridized carbons (Fsp3) is 0.263. The van der Waals surface area contributed by atoms with E-state index < -0.39 is 0 Å². The number of fused-ring (bicyclic) bond motifs is 2. The number of nitrogens with zero attached hydrogens (tertiary/aromatic N) is 3. The molecule has 2 aromatic rings. The van der Waals surface area contributed by atoms with Crippen LogP contribution in [0.5, 0.6) is 5.75 Å². The highest BCUT2D eigenvalue weighted by atomic mass is 79.9. The van der Waals surface area contributed by atoms with E-state index in [1.54, 1.807) is 18.2 Å². The quantitative estimate of drug-likeness (QED) is 0.532. The number of allylic oxidation sites excluding steroid dienone is 1. The monoisotopic (exact) mass is 477 g/mol. The molecule has 0 saturated carbocycles. The largest absolute Gasteiger partial charge is 0.506 e. The molecule has 2 aliphatic heterocycles. The minimum atomic E-state index is -0.214. The predicted octanol–water partition coefficient (Wildman–Crippen LogP) is 3.97. The first-order chi connectivity index (χ1) is 12.5. The Hall–Kier alpha value is -1.86. The summed E-state index contributed by atoms with van der Waals surface area (Å²) in [5.41, 5.74) is 0.280. The predicted molar refractivity (Wildman–Crippen MR) is 107 cm³/mol. The number of phenolic OH excluding ortho intramolecular Hbond substituents is 1. The van der Waals surface area contributed by atoms with Gasteiger partial charge in [0.05, 0.1) is 10.0 Å². The van der Waals surface area contributed by atoms with Crippen molar-refractivity contribution in [2.45, 2.75) is 18.5 Å². The zero-order valence-electron chi connectivity index (χ0n) is 13.8. The molecule has 1 aromatic heterocycles. The van der Waals surface area contributed by atoms with Gasteiger partial charge in [-0.1, -0.05) is 22.0 Å². The maximum absolute atomic E-state index is 12.5. The molecule has 7 heteroatoms. The first-order valence-corrected chi connectivity index (χ1v) is 9.95. The summed E-state index contributed by atoms with van der Waals surface area (Å²) in [6.45, 7) is 1.78. The average molecular weight is 479 g/mol. The maximum Gasteiger partial charge on any atom is 0.191 e. The number of pyridine rings is 1. The van der Waals surface area contributed by atoms with Crippen molar-refractivity contribution >= 4 is 43.5 Å². The summed E-state index contributed by atoms with van der Waals surface area (Å²) < 4.78 is 1.24. The normalized spacial score (nSPS) is 21.8. The number of anilines is 1.